The van der Waals surface area contributed by atoms with Gasteiger partial charge in [0.2, 0.25) is 5.91 Å². The molecule has 1 heterocycles. The second-order valence-corrected chi connectivity index (χ2v) is 5.42. The van der Waals surface area contributed by atoms with Crippen LogP contribution in [0.1, 0.15) is 30.5 Å². The summed E-state index contributed by atoms with van der Waals surface area (Å²) < 4.78 is 5.25. The molecule has 0 spiro atoms. The Hall–Kier alpha value is -2.10. The average molecular weight is 273 g/mol. The van der Waals surface area contributed by atoms with Gasteiger partial charge in [-0.1, -0.05) is 19.9 Å². The first-order valence-corrected chi connectivity index (χ1v) is 6.70. The largest absolute Gasteiger partial charge is 0.423 e. The van der Waals surface area contributed by atoms with Crippen molar-refractivity contribution in [1.82, 2.24) is 5.32 Å². The van der Waals surface area contributed by atoms with Crippen LogP contribution in [0.2, 0.25) is 0 Å². The zero-order valence-corrected chi connectivity index (χ0v) is 12.2. The number of nitrogens with one attached hydrogen (secondary N) is 1. The number of carbonyl (C=O) groups is 1. The van der Waals surface area contributed by atoms with Crippen LogP contribution in [0, 0.1) is 19.8 Å². The van der Waals surface area contributed by atoms with Crippen LogP contribution in [0.4, 0.5) is 0 Å². The Morgan fingerprint density at radius 1 is 1.25 bits per heavy atom. The highest BCUT2D eigenvalue weighted by Gasteiger charge is 2.11. The van der Waals surface area contributed by atoms with E-state index in [0.717, 1.165) is 22.1 Å². The van der Waals surface area contributed by atoms with Crippen molar-refractivity contribution < 1.29 is 9.21 Å². The molecular weight excluding hydrogens is 254 g/mol. The Labute approximate surface area is 117 Å². The molecule has 1 N–H and O–H groups in total. The second kappa shape index (κ2) is 5.49. The molecule has 0 atom stereocenters. The molecular formula is C16H19NO3. The maximum absolute atomic E-state index is 11.7. The summed E-state index contributed by atoms with van der Waals surface area (Å²) in [5.74, 6) is -0.110. The summed E-state index contributed by atoms with van der Waals surface area (Å²) in [6.45, 7) is 7.94. The molecule has 4 heteroatoms. The Bertz CT molecular complexity index is 713. The van der Waals surface area contributed by atoms with Crippen molar-refractivity contribution >= 4 is 16.9 Å². The van der Waals surface area contributed by atoms with Gasteiger partial charge >= 0.3 is 5.63 Å². The molecule has 0 radical (unpaired) electrons. The minimum absolute atomic E-state index is 0.0313. The van der Waals surface area contributed by atoms with E-state index >= 15 is 0 Å². The minimum Gasteiger partial charge on any atom is -0.423 e. The summed E-state index contributed by atoms with van der Waals surface area (Å²) in [7, 11) is 0. The van der Waals surface area contributed by atoms with Crippen LogP contribution in [0.15, 0.2) is 27.4 Å². The summed E-state index contributed by atoms with van der Waals surface area (Å²) in [5.41, 5.74) is 3.06. The zero-order valence-electron chi connectivity index (χ0n) is 12.2. The van der Waals surface area contributed by atoms with Gasteiger partial charge in [-0.15, -0.1) is 0 Å². The number of benzene rings is 1. The molecule has 1 amide bonds. The van der Waals surface area contributed by atoms with E-state index in [1.165, 1.54) is 6.07 Å². The van der Waals surface area contributed by atoms with E-state index in [-0.39, 0.29) is 11.8 Å². The fourth-order valence-electron chi connectivity index (χ4n) is 2.30. The number of rotatable bonds is 3. The van der Waals surface area contributed by atoms with Crippen LogP contribution >= 0.6 is 0 Å². The molecule has 0 saturated heterocycles. The minimum atomic E-state index is -0.392. The van der Waals surface area contributed by atoms with Gasteiger partial charge in [0.15, 0.2) is 0 Å². The zero-order chi connectivity index (χ0) is 14.9. The van der Waals surface area contributed by atoms with Gasteiger partial charge in [-0.05, 0) is 36.6 Å². The molecule has 0 unspecified atom stereocenters. The van der Waals surface area contributed by atoms with E-state index in [0.29, 0.717) is 12.1 Å². The molecule has 1 aromatic heterocycles. The number of carbonyl (C=O) groups excluding carboxylic acids is 1. The number of hydrogen-bond donors (Lipinski definition) is 1. The fraction of sp³-hybridized carbons (Fsp3) is 0.375. The number of amides is 1. The molecule has 2 rings (SSSR count). The molecule has 0 aliphatic carbocycles. The van der Waals surface area contributed by atoms with E-state index in [4.69, 9.17) is 4.42 Å². The Kier molecular flexibility index (Phi) is 3.93. The smallest absolute Gasteiger partial charge is 0.336 e. The highest BCUT2D eigenvalue weighted by atomic mass is 16.4. The maximum atomic E-state index is 11.7. The van der Waals surface area contributed by atoms with Gasteiger partial charge in [-0.3, -0.25) is 4.79 Å². The van der Waals surface area contributed by atoms with Gasteiger partial charge in [0, 0.05) is 23.9 Å². The van der Waals surface area contributed by atoms with Crippen molar-refractivity contribution in [3.63, 3.8) is 0 Å². The summed E-state index contributed by atoms with van der Waals surface area (Å²) in [6.07, 6.45) is 0. The van der Waals surface area contributed by atoms with Crippen LogP contribution in [0.5, 0.6) is 0 Å². The van der Waals surface area contributed by atoms with Crippen LogP contribution in [0.3, 0.4) is 0 Å². The molecule has 0 saturated carbocycles. The van der Waals surface area contributed by atoms with Crippen molar-refractivity contribution in [2.45, 2.75) is 34.2 Å². The maximum Gasteiger partial charge on any atom is 0.336 e. The van der Waals surface area contributed by atoms with Gasteiger partial charge in [-0.2, -0.15) is 0 Å². The first-order chi connectivity index (χ1) is 9.38. The molecule has 1 aromatic carbocycles. The number of aryl methyl sites for hydroxylation is 2. The first kappa shape index (κ1) is 14.3. The molecule has 0 fully saturated rings. The Balaban J connectivity index is 2.47. The SMILES string of the molecule is Cc1cc(C)c2c(CNC(=O)C(C)C)cc(=O)oc2c1. The van der Waals surface area contributed by atoms with Gasteiger partial charge in [0.05, 0.1) is 0 Å². The standard InChI is InChI=1S/C16H19NO3/c1-9(2)16(19)17-8-12-7-14(18)20-13-6-10(3)5-11(4)15(12)13/h5-7,9H,8H2,1-4H3,(H,17,19). The molecule has 0 aliphatic heterocycles. The summed E-state index contributed by atoms with van der Waals surface area (Å²) >= 11 is 0. The van der Waals surface area contributed by atoms with Crippen molar-refractivity contribution in [3.05, 3.63) is 45.3 Å². The topological polar surface area (TPSA) is 59.3 Å². The monoisotopic (exact) mass is 273 g/mol. The second-order valence-electron chi connectivity index (χ2n) is 5.42. The normalized spacial score (nSPS) is 11.1. The first-order valence-electron chi connectivity index (χ1n) is 6.70. The van der Waals surface area contributed by atoms with Crippen LogP contribution in [-0.4, -0.2) is 5.91 Å². The van der Waals surface area contributed by atoms with E-state index in [2.05, 4.69) is 5.32 Å². The third-order valence-electron chi connectivity index (χ3n) is 3.24. The van der Waals surface area contributed by atoms with Crippen molar-refractivity contribution in [2.24, 2.45) is 5.92 Å². The third kappa shape index (κ3) is 2.90. The van der Waals surface area contributed by atoms with Crippen LogP contribution in [-0.2, 0) is 11.3 Å². The molecule has 4 nitrogen and oxygen atoms in total. The molecule has 0 aliphatic rings. The Morgan fingerprint density at radius 2 is 1.95 bits per heavy atom. The molecule has 20 heavy (non-hydrogen) atoms. The lowest BCUT2D eigenvalue weighted by molar-refractivity contribution is -0.124. The Morgan fingerprint density at radius 3 is 2.60 bits per heavy atom. The predicted octanol–water partition coefficient (Wildman–Crippen LogP) is 2.68. The summed E-state index contributed by atoms with van der Waals surface area (Å²) in [5, 5.41) is 3.74. The predicted molar refractivity (Wildman–Crippen MR) is 78.6 cm³/mol. The van der Waals surface area contributed by atoms with E-state index in [1.807, 2.05) is 39.8 Å². The lowest BCUT2D eigenvalue weighted by atomic mass is 10.0. The van der Waals surface area contributed by atoms with E-state index < -0.39 is 5.63 Å². The van der Waals surface area contributed by atoms with Gasteiger partial charge in [0.25, 0.3) is 0 Å². The van der Waals surface area contributed by atoms with Crippen LogP contribution < -0.4 is 10.9 Å². The summed E-state index contributed by atoms with van der Waals surface area (Å²) in [6, 6.07) is 5.33. The number of hydrogen-bond acceptors (Lipinski definition) is 3. The van der Waals surface area contributed by atoms with E-state index in [9.17, 15) is 9.59 Å². The van der Waals surface area contributed by atoms with Gasteiger partial charge in [0.1, 0.15) is 5.58 Å². The molecule has 2 aromatic rings. The van der Waals surface area contributed by atoms with Gasteiger partial charge < -0.3 is 9.73 Å². The van der Waals surface area contributed by atoms with Crippen molar-refractivity contribution in [3.8, 4) is 0 Å². The average Bonchev–Trinajstić information content (AvgIpc) is 2.33. The summed E-state index contributed by atoms with van der Waals surface area (Å²) in [4.78, 5) is 23.3. The van der Waals surface area contributed by atoms with Crippen molar-refractivity contribution in [2.75, 3.05) is 0 Å². The lowest BCUT2D eigenvalue weighted by Crippen LogP contribution is -2.27. The highest BCUT2D eigenvalue weighted by Crippen LogP contribution is 2.23. The number of fused-ring (bicyclic) bond motifs is 1. The molecule has 0 bridgehead atoms. The lowest BCUT2D eigenvalue weighted by Gasteiger charge is -2.11. The van der Waals surface area contributed by atoms with E-state index in [1.54, 1.807) is 0 Å². The quantitative estimate of drug-likeness (QED) is 0.875. The van der Waals surface area contributed by atoms with Gasteiger partial charge in [-0.25, -0.2) is 4.79 Å². The highest BCUT2D eigenvalue weighted by molar-refractivity contribution is 5.85. The molecule has 106 valence electrons. The van der Waals surface area contributed by atoms with Crippen molar-refractivity contribution in [1.29, 1.82) is 0 Å². The fourth-order valence-corrected chi connectivity index (χ4v) is 2.30. The van der Waals surface area contributed by atoms with Crippen LogP contribution in [0.25, 0.3) is 11.0 Å². The third-order valence-corrected chi connectivity index (χ3v) is 3.24.